The highest BCUT2D eigenvalue weighted by molar-refractivity contribution is 6.08. The summed E-state index contributed by atoms with van der Waals surface area (Å²) in [5.74, 6) is 0.820. The minimum absolute atomic E-state index is 0.120. The number of hydrogen-bond acceptors (Lipinski definition) is 5. The van der Waals surface area contributed by atoms with Gasteiger partial charge in [-0.2, -0.15) is 0 Å². The SMILES string of the molecule is COc1ccc2[nH]c3c(c2c1)C[C@@]1(C)C(=O)N(CCCN2CCCCC2)C(=O)N1C3Cc1cccc(O)c1. The van der Waals surface area contributed by atoms with Crippen LogP contribution in [0.25, 0.3) is 10.9 Å². The van der Waals surface area contributed by atoms with E-state index in [-0.39, 0.29) is 23.7 Å². The molecule has 3 amide bonds. The fraction of sp³-hybridized carbons (Fsp3) is 0.467. The molecule has 8 heteroatoms. The van der Waals surface area contributed by atoms with E-state index in [0.29, 0.717) is 19.4 Å². The standard InChI is InChI=1S/C30H36N4O4/c1-30-19-24-23-18-22(38-2)10-11-25(23)31-27(24)26(17-20-8-6-9-21(35)16-20)34(30)29(37)33(28(30)36)15-7-14-32-12-4-3-5-13-32/h6,8-11,16,18,26,31,35H,3-5,7,12-15,17,19H2,1-2H3/t26?,30-/m0/s1. The minimum atomic E-state index is -0.977. The van der Waals surface area contributed by atoms with Gasteiger partial charge < -0.3 is 24.6 Å². The summed E-state index contributed by atoms with van der Waals surface area (Å²) in [7, 11) is 1.65. The number of piperidine rings is 1. The maximum atomic E-state index is 14.0. The van der Waals surface area contributed by atoms with Crippen LogP contribution in [0.1, 0.15) is 55.5 Å². The third-order valence-electron chi connectivity index (χ3n) is 8.63. The summed E-state index contributed by atoms with van der Waals surface area (Å²) in [5, 5.41) is 11.1. The van der Waals surface area contributed by atoms with Crippen molar-refractivity contribution in [2.75, 3.05) is 33.3 Å². The number of likely N-dealkylation sites (tertiary alicyclic amines) is 1. The van der Waals surface area contributed by atoms with Crippen molar-refractivity contribution in [3.05, 3.63) is 59.3 Å². The predicted octanol–water partition coefficient (Wildman–Crippen LogP) is 4.62. The van der Waals surface area contributed by atoms with Gasteiger partial charge in [0.15, 0.2) is 0 Å². The highest BCUT2D eigenvalue weighted by atomic mass is 16.5. The first kappa shape index (κ1) is 24.8. The van der Waals surface area contributed by atoms with Gasteiger partial charge in [-0.05, 0) is 93.7 Å². The molecule has 1 aromatic heterocycles. The Kier molecular flexibility index (Phi) is 6.30. The van der Waals surface area contributed by atoms with E-state index in [1.165, 1.54) is 24.2 Å². The maximum Gasteiger partial charge on any atom is 0.328 e. The van der Waals surface area contributed by atoms with E-state index in [1.54, 1.807) is 24.1 Å². The molecule has 0 bridgehead atoms. The maximum absolute atomic E-state index is 14.0. The second-order valence-electron chi connectivity index (χ2n) is 11.1. The molecule has 0 saturated carbocycles. The average Bonchev–Trinajstić information content (AvgIpc) is 3.36. The van der Waals surface area contributed by atoms with Crippen LogP contribution < -0.4 is 4.74 Å². The van der Waals surface area contributed by atoms with Gasteiger partial charge in [0.05, 0.1) is 13.2 Å². The van der Waals surface area contributed by atoms with Crippen LogP contribution in [0, 0.1) is 0 Å². The minimum Gasteiger partial charge on any atom is -0.508 e. The molecule has 1 unspecified atom stereocenters. The van der Waals surface area contributed by atoms with Gasteiger partial charge in [-0.25, -0.2) is 4.79 Å². The molecule has 2 aromatic carbocycles. The molecule has 3 aliphatic heterocycles. The second-order valence-corrected chi connectivity index (χ2v) is 11.1. The molecule has 38 heavy (non-hydrogen) atoms. The van der Waals surface area contributed by atoms with Crippen molar-refractivity contribution in [2.45, 2.75) is 57.0 Å². The molecule has 0 aliphatic carbocycles. The van der Waals surface area contributed by atoms with Crippen LogP contribution in [-0.2, 0) is 17.6 Å². The molecule has 3 aliphatic rings. The van der Waals surface area contributed by atoms with Gasteiger partial charge in [0.25, 0.3) is 5.91 Å². The smallest absolute Gasteiger partial charge is 0.328 e. The fourth-order valence-electron chi connectivity index (χ4n) is 6.72. The molecular formula is C30H36N4O4. The van der Waals surface area contributed by atoms with Crippen molar-refractivity contribution in [3.63, 3.8) is 0 Å². The zero-order valence-electron chi connectivity index (χ0n) is 22.2. The number of carbonyl (C=O) groups is 2. The van der Waals surface area contributed by atoms with Crippen molar-refractivity contribution < 1.29 is 19.4 Å². The summed E-state index contributed by atoms with van der Waals surface area (Å²) < 4.78 is 5.49. The van der Waals surface area contributed by atoms with Crippen molar-refractivity contribution in [1.29, 1.82) is 0 Å². The van der Waals surface area contributed by atoms with Crippen molar-refractivity contribution >= 4 is 22.8 Å². The number of amides is 3. The zero-order chi connectivity index (χ0) is 26.4. The molecule has 8 nitrogen and oxygen atoms in total. The van der Waals surface area contributed by atoms with E-state index in [2.05, 4.69) is 9.88 Å². The number of rotatable bonds is 7. The topological polar surface area (TPSA) is 89.1 Å². The molecular weight excluding hydrogens is 480 g/mol. The summed E-state index contributed by atoms with van der Waals surface area (Å²) >= 11 is 0. The quantitative estimate of drug-likeness (QED) is 0.448. The van der Waals surface area contributed by atoms with E-state index in [0.717, 1.165) is 59.5 Å². The molecule has 200 valence electrons. The van der Waals surface area contributed by atoms with Crippen molar-refractivity contribution in [2.24, 2.45) is 0 Å². The number of imide groups is 1. The van der Waals surface area contributed by atoms with Gasteiger partial charge in [0.1, 0.15) is 17.0 Å². The summed E-state index contributed by atoms with van der Waals surface area (Å²) in [5.41, 5.74) is 2.89. The number of carbonyl (C=O) groups excluding carboxylic acids is 2. The molecule has 2 fully saturated rings. The van der Waals surface area contributed by atoms with E-state index < -0.39 is 5.54 Å². The van der Waals surface area contributed by atoms with Crippen LogP contribution in [0.2, 0.25) is 0 Å². The lowest BCUT2D eigenvalue weighted by molar-refractivity contribution is -0.133. The number of fused-ring (bicyclic) bond motifs is 4. The number of methoxy groups -OCH3 is 1. The third-order valence-corrected chi connectivity index (χ3v) is 8.63. The third kappa shape index (κ3) is 4.11. The lowest BCUT2D eigenvalue weighted by atomic mass is 9.81. The number of phenols is 1. The van der Waals surface area contributed by atoms with Crippen molar-refractivity contribution in [1.82, 2.24) is 19.7 Å². The molecule has 0 radical (unpaired) electrons. The van der Waals surface area contributed by atoms with Crippen LogP contribution in [-0.4, -0.2) is 75.6 Å². The number of phenolic OH excluding ortho intramolecular Hbond substituents is 1. The number of nitrogens with zero attached hydrogens (tertiary/aromatic N) is 3. The number of hydrogen-bond donors (Lipinski definition) is 2. The molecule has 2 atom stereocenters. The van der Waals surface area contributed by atoms with E-state index in [9.17, 15) is 14.7 Å². The highest BCUT2D eigenvalue weighted by Crippen LogP contribution is 2.48. The lowest BCUT2D eigenvalue weighted by Crippen LogP contribution is -2.53. The molecule has 0 spiro atoms. The van der Waals surface area contributed by atoms with E-state index >= 15 is 0 Å². The number of urea groups is 1. The Hall–Kier alpha value is -3.52. The first-order valence-electron chi connectivity index (χ1n) is 13.7. The van der Waals surface area contributed by atoms with Crippen molar-refractivity contribution in [3.8, 4) is 11.5 Å². The Labute approximate surface area is 223 Å². The second kappa shape index (κ2) is 9.66. The number of aromatic nitrogens is 1. The Bertz CT molecular complexity index is 1380. The first-order chi connectivity index (χ1) is 18.4. The van der Waals surface area contributed by atoms with Gasteiger partial charge in [-0.1, -0.05) is 18.6 Å². The summed E-state index contributed by atoms with van der Waals surface area (Å²) in [4.78, 5) is 37.2. The van der Waals surface area contributed by atoms with Gasteiger partial charge in [0.2, 0.25) is 0 Å². The summed E-state index contributed by atoms with van der Waals surface area (Å²) in [6, 6.07) is 12.5. The van der Waals surface area contributed by atoms with Crippen LogP contribution in [0.5, 0.6) is 11.5 Å². The summed E-state index contributed by atoms with van der Waals surface area (Å²) in [6.07, 6.45) is 5.44. The van der Waals surface area contributed by atoms with Crippen LogP contribution in [0.15, 0.2) is 42.5 Å². The Morgan fingerprint density at radius 2 is 1.89 bits per heavy atom. The van der Waals surface area contributed by atoms with Gasteiger partial charge >= 0.3 is 6.03 Å². The Morgan fingerprint density at radius 1 is 1.08 bits per heavy atom. The number of aromatic hydroxyl groups is 1. The number of ether oxygens (including phenoxy) is 1. The number of aromatic amines is 1. The zero-order valence-corrected chi connectivity index (χ0v) is 22.2. The molecule has 6 rings (SSSR count). The monoisotopic (exact) mass is 516 g/mol. The van der Waals surface area contributed by atoms with Crippen LogP contribution in [0.3, 0.4) is 0 Å². The molecule has 2 saturated heterocycles. The summed E-state index contributed by atoms with van der Waals surface area (Å²) in [6.45, 7) is 5.45. The lowest BCUT2D eigenvalue weighted by Gasteiger charge is -2.42. The largest absolute Gasteiger partial charge is 0.508 e. The molecule has 4 heterocycles. The van der Waals surface area contributed by atoms with Gasteiger partial charge in [-0.15, -0.1) is 0 Å². The van der Waals surface area contributed by atoms with E-state index in [1.807, 2.05) is 37.3 Å². The Morgan fingerprint density at radius 3 is 2.66 bits per heavy atom. The van der Waals surface area contributed by atoms with Gasteiger partial charge in [0, 0.05) is 29.6 Å². The predicted molar refractivity (Wildman–Crippen MR) is 145 cm³/mol. The molecule has 3 aromatic rings. The fourth-order valence-corrected chi connectivity index (χ4v) is 6.72. The normalized spacial score (nSPS) is 23.7. The van der Waals surface area contributed by atoms with E-state index in [4.69, 9.17) is 4.74 Å². The van der Waals surface area contributed by atoms with Crippen LogP contribution >= 0.6 is 0 Å². The average molecular weight is 517 g/mol. The molecule has 2 N–H and O–H groups in total. The van der Waals surface area contributed by atoms with Crippen LogP contribution in [0.4, 0.5) is 4.79 Å². The number of nitrogens with one attached hydrogen (secondary N) is 1. The van der Waals surface area contributed by atoms with Gasteiger partial charge in [-0.3, -0.25) is 9.69 Å². The highest BCUT2D eigenvalue weighted by Gasteiger charge is 2.59. The Balaban J connectivity index is 1.36. The number of benzene rings is 2. The first-order valence-corrected chi connectivity index (χ1v) is 13.7. The number of H-pyrrole nitrogens is 1.